The Morgan fingerprint density at radius 3 is 2.56 bits per heavy atom. The molecule has 0 aromatic carbocycles. The van der Waals surface area contributed by atoms with Crippen molar-refractivity contribution in [3.05, 3.63) is 0 Å². The van der Waals surface area contributed by atoms with Crippen LogP contribution in [0, 0.1) is 11.3 Å². The average molecular weight is 257 g/mol. The zero-order valence-electron chi connectivity index (χ0n) is 12.6. The van der Waals surface area contributed by atoms with Gasteiger partial charge in [-0.3, -0.25) is 0 Å². The molecule has 0 aromatic heterocycles. The molecule has 1 aliphatic rings. The van der Waals surface area contributed by atoms with Crippen molar-refractivity contribution in [2.24, 2.45) is 11.3 Å². The summed E-state index contributed by atoms with van der Waals surface area (Å²) in [4.78, 5) is 0. The molecule has 1 saturated heterocycles. The first-order valence-corrected chi connectivity index (χ1v) is 7.43. The van der Waals surface area contributed by atoms with E-state index in [9.17, 15) is 0 Å². The Kier molecular flexibility index (Phi) is 7.20. The third kappa shape index (κ3) is 6.17. The van der Waals surface area contributed by atoms with Crippen LogP contribution in [0.2, 0.25) is 0 Å². The topological polar surface area (TPSA) is 30.5 Å². The molecule has 108 valence electrons. The van der Waals surface area contributed by atoms with Gasteiger partial charge >= 0.3 is 0 Å². The largest absolute Gasteiger partial charge is 0.381 e. The van der Waals surface area contributed by atoms with Gasteiger partial charge in [0.2, 0.25) is 0 Å². The van der Waals surface area contributed by atoms with Gasteiger partial charge in [-0.05, 0) is 25.2 Å². The lowest BCUT2D eigenvalue weighted by molar-refractivity contribution is 0.0745. The van der Waals surface area contributed by atoms with Crippen LogP contribution >= 0.6 is 0 Å². The molecule has 3 nitrogen and oxygen atoms in total. The maximum Gasteiger partial charge on any atom is 0.0536 e. The molecule has 1 fully saturated rings. The maximum atomic E-state index is 5.75. The predicted octanol–water partition coefficient (Wildman–Crippen LogP) is 2.84. The zero-order valence-corrected chi connectivity index (χ0v) is 12.6. The zero-order chi connectivity index (χ0) is 13.4. The molecule has 0 saturated carbocycles. The summed E-state index contributed by atoms with van der Waals surface area (Å²) in [5.74, 6) is 0.733. The van der Waals surface area contributed by atoms with Crippen molar-refractivity contribution in [1.82, 2.24) is 5.32 Å². The molecule has 0 bridgehead atoms. The van der Waals surface area contributed by atoms with Crippen molar-refractivity contribution in [3.8, 4) is 0 Å². The average Bonchev–Trinajstić information content (AvgIpc) is 2.75. The number of hydrogen-bond donors (Lipinski definition) is 1. The molecule has 3 heteroatoms. The van der Waals surface area contributed by atoms with Gasteiger partial charge in [-0.1, -0.05) is 27.7 Å². The second-order valence-corrected chi connectivity index (χ2v) is 6.38. The summed E-state index contributed by atoms with van der Waals surface area (Å²) >= 11 is 0. The first-order valence-electron chi connectivity index (χ1n) is 7.43. The molecule has 1 rings (SSSR count). The number of hydrogen-bond acceptors (Lipinski definition) is 3. The molecular weight excluding hydrogens is 226 g/mol. The van der Waals surface area contributed by atoms with E-state index in [2.05, 4.69) is 33.0 Å². The highest BCUT2D eigenvalue weighted by Gasteiger charge is 2.34. The molecule has 0 spiro atoms. The minimum absolute atomic E-state index is 0.308. The molecule has 1 aliphatic heterocycles. The molecular formula is C15H31NO2. The van der Waals surface area contributed by atoms with Crippen molar-refractivity contribution in [2.45, 2.75) is 53.0 Å². The minimum Gasteiger partial charge on any atom is -0.381 e. The smallest absolute Gasteiger partial charge is 0.0536 e. The Balaban J connectivity index is 2.21. The molecule has 18 heavy (non-hydrogen) atoms. The van der Waals surface area contributed by atoms with Crippen LogP contribution in [-0.2, 0) is 9.47 Å². The number of nitrogens with one attached hydrogen (secondary N) is 1. The van der Waals surface area contributed by atoms with Crippen LogP contribution in [0.4, 0.5) is 0 Å². The summed E-state index contributed by atoms with van der Waals surface area (Å²) in [5.41, 5.74) is 0.308. The third-order valence-corrected chi connectivity index (χ3v) is 3.69. The number of rotatable bonds is 9. The first-order chi connectivity index (χ1) is 8.54. The molecule has 0 amide bonds. The lowest BCUT2D eigenvalue weighted by atomic mass is 9.84. The van der Waals surface area contributed by atoms with E-state index < -0.39 is 0 Å². The summed E-state index contributed by atoms with van der Waals surface area (Å²) in [6, 6.07) is 0.546. The lowest BCUT2D eigenvalue weighted by Crippen LogP contribution is -2.39. The molecule has 0 radical (unpaired) electrons. The Morgan fingerprint density at radius 2 is 2.00 bits per heavy atom. The Bertz CT molecular complexity index is 211. The van der Waals surface area contributed by atoms with Crippen LogP contribution in [0.3, 0.4) is 0 Å². The SMILES string of the molecule is CC(C)CCOCCC1(CNC(C)C)CCOC1. The van der Waals surface area contributed by atoms with Crippen LogP contribution in [0.1, 0.15) is 47.0 Å². The van der Waals surface area contributed by atoms with E-state index in [0.717, 1.165) is 51.7 Å². The van der Waals surface area contributed by atoms with Crippen molar-refractivity contribution in [1.29, 1.82) is 0 Å². The third-order valence-electron chi connectivity index (χ3n) is 3.69. The standard InChI is InChI=1S/C15H31NO2/c1-13(2)5-8-17-9-6-15(7-10-18-12-15)11-16-14(3)4/h13-14,16H,5-12H2,1-4H3. The quantitative estimate of drug-likeness (QED) is 0.644. The summed E-state index contributed by atoms with van der Waals surface area (Å²) in [6.07, 6.45) is 3.44. The van der Waals surface area contributed by atoms with Crippen LogP contribution in [0.25, 0.3) is 0 Å². The van der Waals surface area contributed by atoms with E-state index in [1.807, 2.05) is 0 Å². The van der Waals surface area contributed by atoms with Gasteiger partial charge in [-0.2, -0.15) is 0 Å². The van der Waals surface area contributed by atoms with Crippen molar-refractivity contribution in [2.75, 3.05) is 33.0 Å². The molecule has 0 aromatic rings. The van der Waals surface area contributed by atoms with Crippen LogP contribution < -0.4 is 5.32 Å². The second-order valence-electron chi connectivity index (χ2n) is 6.38. The van der Waals surface area contributed by atoms with Gasteiger partial charge in [0.05, 0.1) is 6.61 Å². The van der Waals surface area contributed by atoms with Gasteiger partial charge in [-0.25, -0.2) is 0 Å². The van der Waals surface area contributed by atoms with E-state index in [1.54, 1.807) is 0 Å². The van der Waals surface area contributed by atoms with Gasteiger partial charge in [-0.15, -0.1) is 0 Å². The normalized spacial score (nSPS) is 24.3. The van der Waals surface area contributed by atoms with E-state index in [4.69, 9.17) is 9.47 Å². The van der Waals surface area contributed by atoms with Gasteiger partial charge in [0.25, 0.3) is 0 Å². The van der Waals surface area contributed by atoms with Crippen molar-refractivity contribution >= 4 is 0 Å². The summed E-state index contributed by atoms with van der Waals surface area (Å²) in [5, 5.41) is 3.55. The molecule has 1 heterocycles. The highest BCUT2D eigenvalue weighted by molar-refractivity contribution is 4.85. The Labute approximate surface area is 113 Å². The maximum absolute atomic E-state index is 5.75. The van der Waals surface area contributed by atoms with Gasteiger partial charge in [0.1, 0.15) is 0 Å². The fourth-order valence-corrected chi connectivity index (χ4v) is 2.20. The minimum atomic E-state index is 0.308. The summed E-state index contributed by atoms with van der Waals surface area (Å²) in [7, 11) is 0. The van der Waals surface area contributed by atoms with E-state index in [-0.39, 0.29) is 0 Å². The summed E-state index contributed by atoms with van der Waals surface area (Å²) in [6.45, 7) is 13.5. The van der Waals surface area contributed by atoms with E-state index >= 15 is 0 Å². The second kappa shape index (κ2) is 8.13. The molecule has 0 aliphatic carbocycles. The molecule has 1 N–H and O–H groups in total. The highest BCUT2D eigenvalue weighted by atomic mass is 16.5. The molecule has 1 unspecified atom stereocenters. The Hall–Kier alpha value is -0.120. The van der Waals surface area contributed by atoms with Gasteiger partial charge in [0.15, 0.2) is 0 Å². The van der Waals surface area contributed by atoms with Crippen LogP contribution in [0.5, 0.6) is 0 Å². The Morgan fingerprint density at radius 1 is 1.22 bits per heavy atom. The summed E-state index contributed by atoms with van der Waals surface area (Å²) < 4.78 is 11.3. The highest BCUT2D eigenvalue weighted by Crippen LogP contribution is 2.31. The fraction of sp³-hybridized carbons (Fsp3) is 1.00. The van der Waals surface area contributed by atoms with Gasteiger partial charge in [0, 0.05) is 37.8 Å². The van der Waals surface area contributed by atoms with E-state index in [0.29, 0.717) is 11.5 Å². The van der Waals surface area contributed by atoms with E-state index in [1.165, 1.54) is 6.42 Å². The van der Waals surface area contributed by atoms with Crippen LogP contribution in [0.15, 0.2) is 0 Å². The van der Waals surface area contributed by atoms with Crippen molar-refractivity contribution in [3.63, 3.8) is 0 Å². The first kappa shape index (κ1) is 15.9. The predicted molar refractivity (Wildman–Crippen MR) is 75.9 cm³/mol. The molecule has 1 atom stereocenters. The van der Waals surface area contributed by atoms with Crippen LogP contribution in [-0.4, -0.2) is 39.0 Å². The van der Waals surface area contributed by atoms with Crippen molar-refractivity contribution < 1.29 is 9.47 Å². The van der Waals surface area contributed by atoms with Gasteiger partial charge < -0.3 is 14.8 Å². The lowest BCUT2D eigenvalue weighted by Gasteiger charge is -2.28. The number of ether oxygens (including phenoxy) is 2. The fourth-order valence-electron chi connectivity index (χ4n) is 2.20. The monoisotopic (exact) mass is 257 g/mol.